The maximum atomic E-state index is 13.0. The fourth-order valence-corrected chi connectivity index (χ4v) is 4.63. The first-order valence-electron chi connectivity index (χ1n) is 8.06. The Morgan fingerprint density at radius 2 is 1.92 bits per heavy atom. The van der Waals surface area contributed by atoms with Crippen molar-refractivity contribution >= 4 is 22.8 Å². The molecule has 4 heterocycles. The van der Waals surface area contributed by atoms with Crippen molar-refractivity contribution in [2.45, 2.75) is 25.0 Å². The highest BCUT2D eigenvalue weighted by Crippen LogP contribution is 2.64. The Morgan fingerprint density at radius 3 is 2.67 bits per heavy atom. The van der Waals surface area contributed by atoms with Gasteiger partial charge in [0.15, 0.2) is 5.43 Å². The SMILES string of the molecule is CC[C@]12O[C@H](c3c1oc1ccccc1c3=O)[C@H]1C(=O)N(C)C(=O)[C@H]12. The van der Waals surface area contributed by atoms with E-state index in [0.29, 0.717) is 28.7 Å². The molecular weight excluding hydrogens is 310 g/mol. The molecule has 2 saturated heterocycles. The highest BCUT2D eigenvalue weighted by Gasteiger charge is 2.72. The van der Waals surface area contributed by atoms with Crippen molar-refractivity contribution in [3.8, 4) is 0 Å². The fraction of sp³-hybridized carbons (Fsp3) is 0.389. The van der Waals surface area contributed by atoms with Gasteiger partial charge in [-0.2, -0.15) is 0 Å². The van der Waals surface area contributed by atoms with Gasteiger partial charge in [0.2, 0.25) is 11.8 Å². The van der Waals surface area contributed by atoms with Crippen LogP contribution in [0.5, 0.6) is 0 Å². The lowest BCUT2D eigenvalue weighted by molar-refractivity contribution is -0.146. The Kier molecular flexibility index (Phi) is 2.40. The van der Waals surface area contributed by atoms with Gasteiger partial charge >= 0.3 is 0 Å². The van der Waals surface area contributed by atoms with Crippen LogP contribution in [-0.4, -0.2) is 23.8 Å². The average molecular weight is 325 g/mol. The van der Waals surface area contributed by atoms with Crippen molar-refractivity contribution in [3.63, 3.8) is 0 Å². The Balaban J connectivity index is 1.87. The number of likely N-dealkylation sites (tertiary alicyclic amines) is 1. The number of carbonyl (C=O) groups is 2. The molecule has 0 N–H and O–H groups in total. The normalized spacial score (nSPS) is 33.4. The number of benzene rings is 1. The predicted octanol–water partition coefficient (Wildman–Crippen LogP) is 1.71. The topological polar surface area (TPSA) is 76.8 Å². The molecular formula is C18H15NO5. The number of fused-ring (bicyclic) bond motifs is 9. The first-order valence-corrected chi connectivity index (χ1v) is 8.06. The van der Waals surface area contributed by atoms with Gasteiger partial charge in [-0.3, -0.25) is 19.3 Å². The number of nitrogens with zero attached hydrogens (tertiary/aromatic N) is 1. The van der Waals surface area contributed by atoms with Gasteiger partial charge in [0.25, 0.3) is 0 Å². The van der Waals surface area contributed by atoms with E-state index in [1.165, 1.54) is 7.05 Å². The molecule has 0 saturated carbocycles. The average Bonchev–Trinajstić information content (AvgIpc) is 3.18. The quantitative estimate of drug-likeness (QED) is 0.746. The van der Waals surface area contributed by atoms with Gasteiger partial charge in [-0.05, 0) is 18.6 Å². The summed E-state index contributed by atoms with van der Waals surface area (Å²) in [5.74, 6) is -1.34. The summed E-state index contributed by atoms with van der Waals surface area (Å²) in [6.07, 6.45) is -0.238. The van der Waals surface area contributed by atoms with Crippen LogP contribution in [0.25, 0.3) is 11.0 Å². The van der Waals surface area contributed by atoms with E-state index >= 15 is 0 Å². The predicted molar refractivity (Wildman–Crippen MR) is 83.0 cm³/mol. The maximum Gasteiger partial charge on any atom is 0.236 e. The van der Waals surface area contributed by atoms with Gasteiger partial charge in [0, 0.05) is 7.05 Å². The number of amides is 2. The third-order valence-corrected chi connectivity index (χ3v) is 5.76. The summed E-state index contributed by atoms with van der Waals surface area (Å²) in [6.45, 7) is 1.89. The van der Waals surface area contributed by atoms with Gasteiger partial charge in [0.1, 0.15) is 23.0 Å². The van der Waals surface area contributed by atoms with E-state index in [1.54, 1.807) is 24.3 Å². The Bertz CT molecular complexity index is 993. The summed E-state index contributed by atoms with van der Waals surface area (Å²) < 4.78 is 12.2. The van der Waals surface area contributed by atoms with Gasteiger partial charge in [0.05, 0.1) is 22.8 Å². The van der Waals surface area contributed by atoms with Crippen LogP contribution in [0.3, 0.4) is 0 Å². The molecule has 0 spiro atoms. The van der Waals surface area contributed by atoms with Crippen LogP contribution in [-0.2, 0) is 19.9 Å². The van der Waals surface area contributed by atoms with E-state index in [1.807, 2.05) is 6.92 Å². The lowest BCUT2D eigenvalue weighted by atomic mass is 9.71. The van der Waals surface area contributed by atoms with Gasteiger partial charge in [-0.1, -0.05) is 19.1 Å². The molecule has 1 aromatic heterocycles. The van der Waals surface area contributed by atoms with Crippen LogP contribution < -0.4 is 5.43 Å². The summed E-state index contributed by atoms with van der Waals surface area (Å²) >= 11 is 0. The van der Waals surface area contributed by atoms with Crippen LogP contribution in [0.2, 0.25) is 0 Å². The molecule has 5 rings (SSSR count). The van der Waals surface area contributed by atoms with Crippen molar-refractivity contribution in [2.75, 3.05) is 7.05 Å². The number of ether oxygens (including phenoxy) is 1. The lowest BCUT2D eigenvalue weighted by Gasteiger charge is -2.29. The molecule has 0 aliphatic carbocycles. The first kappa shape index (κ1) is 13.9. The molecule has 3 aliphatic rings. The van der Waals surface area contributed by atoms with Crippen LogP contribution in [0.1, 0.15) is 30.8 Å². The zero-order valence-corrected chi connectivity index (χ0v) is 13.2. The zero-order valence-electron chi connectivity index (χ0n) is 13.2. The van der Waals surface area contributed by atoms with Crippen LogP contribution in [0.4, 0.5) is 0 Å². The molecule has 3 aliphatic heterocycles. The molecule has 24 heavy (non-hydrogen) atoms. The maximum absolute atomic E-state index is 13.0. The number of carbonyl (C=O) groups excluding carboxylic acids is 2. The smallest absolute Gasteiger partial charge is 0.236 e. The van der Waals surface area contributed by atoms with Crippen molar-refractivity contribution in [1.29, 1.82) is 0 Å². The number of hydrogen-bond acceptors (Lipinski definition) is 5. The van der Waals surface area contributed by atoms with Crippen LogP contribution in [0, 0.1) is 11.8 Å². The second-order valence-corrected chi connectivity index (χ2v) is 6.69. The Labute approximate surface area is 137 Å². The highest BCUT2D eigenvalue weighted by molar-refractivity contribution is 6.06. The third kappa shape index (κ3) is 1.27. The number of rotatable bonds is 1. The largest absolute Gasteiger partial charge is 0.457 e. The number of para-hydroxylation sites is 1. The lowest BCUT2D eigenvalue weighted by Crippen LogP contribution is -2.39. The van der Waals surface area contributed by atoms with Gasteiger partial charge in [-0.25, -0.2) is 0 Å². The summed E-state index contributed by atoms with van der Waals surface area (Å²) in [7, 11) is 1.49. The number of hydrogen-bond donors (Lipinski definition) is 0. The van der Waals surface area contributed by atoms with Crippen molar-refractivity contribution in [1.82, 2.24) is 4.90 Å². The molecule has 122 valence electrons. The molecule has 2 amide bonds. The fourth-order valence-electron chi connectivity index (χ4n) is 4.63. The summed E-state index contributed by atoms with van der Waals surface area (Å²) in [4.78, 5) is 39.3. The molecule has 2 aromatic rings. The first-order chi connectivity index (χ1) is 11.5. The molecule has 6 heteroatoms. The van der Waals surface area contributed by atoms with Crippen molar-refractivity contribution < 1.29 is 18.7 Å². The molecule has 0 unspecified atom stereocenters. The van der Waals surface area contributed by atoms with Crippen molar-refractivity contribution in [3.05, 3.63) is 45.8 Å². The highest BCUT2D eigenvalue weighted by atomic mass is 16.5. The second kappa shape index (κ2) is 4.13. The molecule has 2 fully saturated rings. The van der Waals surface area contributed by atoms with E-state index in [9.17, 15) is 14.4 Å². The standard InChI is InChI=1S/C18H15NO5/c1-3-18-12-10(16(21)19(2)17(12)22)14(24-18)11-13(20)8-6-4-5-7-9(8)23-15(11)18/h4-7,10,12,14H,3H2,1-2H3/t10-,12-,14-,18+/m0/s1. The monoisotopic (exact) mass is 325 g/mol. The van der Waals surface area contributed by atoms with Gasteiger partial charge < -0.3 is 9.15 Å². The van der Waals surface area contributed by atoms with Crippen LogP contribution >= 0.6 is 0 Å². The van der Waals surface area contributed by atoms with E-state index in [2.05, 4.69) is 0 Å². The molecule has 6 nitrogen and oxygen atoms in total. The molecule has 4 atom stereocenters. The summed E-state index contributed by atoms with van der Waals surface area (Å²) in [5, 5.41) is 0.473. The summed E-state index contributed by atoms with van der Waals surface area (Å²) in [6, 6.07) is 7.01. The Morgan fingerprint density at radius 1 is 1.17 bits per heavy atom. The Hall–Kier alpha value is -2.47. The third-order valence-electron chi connectivity index (χ3n) is 5.76. The van der Waals surface area contributed by atoms with Crippen molar-refractivity contribution in [2.24, 2.45) is 11.8 Å². The summed E-state index contributed by atoms with van der Waals surface area (Å²) in [5.41, 5.74) is -0.300. The molecule has 0 radical (unpaired) electrons. The van der Waals surface area contributed by atoms with E-state index < -0.39 is 23.5 Å². The minimum atomic E-state index is -1.02. The number of imide groups is 1. The van der Waals surface area contributed by atoms with Crippen LogP contribution in [0.15, 0.2) is 33.5 Å². The van der Waals surface area contributed by atoms with E-state index in [4.69, 9.17) is 9.15 Å². The minimum Gasteiger partial charge on any atom is -0.457 e. The van der Waals surface area contributed by atoms with E-state index in [0.717, 1.165) is 4.90 Å². The van der Waals surface area contributed by atoms with E-state index in [-0.39, 0.29) is 17.2 Å². The molecule has 2 bridgehead atoms. The second-order valence-electron chi connectivity index (χ2n) is 6.69. The minimum absolute atomic E-state index is 0.166. The zero-order chi connectivity index (χ0) is 16.8. The van der Waals surface area contributed by atoms with Gasteiger partial charge in [-0.15, -0.1) is 0 Å². The molecule has 1 aromatic carbocycles.